The van der Waals surface area contributed by atoms with E-state index in [0.717, 1.165) is 24.0 Å². The molecule has 1 aromatic rings. The highest BCUT2D eigenvalue weighted by molar-refractivity contribution is 5.46. The largest absolute Gasteiger partial charge is 0.493 e. The summed E-state index contributed by atoms with van der Waals surface area (Å²) in [5.74, 6) is 2.49. The third-order valence-electron chi connectivity index (χ3n) is 3.62. The fourth-order valence-electron chi connectivity index (χ4n) is 2.75. The smallest absolute Gasteiger partial charge is 0.165 e. The quantitative estimate of drug-likeness (QED) is 0.819. The molecule has 0 spiro atoms. The van der Waals surface area contributed by atoms with E-state index in [9.17, 15) is 0 Å². The van der Waals surface area contributed by atoms with Gasteiger partial charge in [-0.2, -0.15) is 0 Å². The van der Waals surface area contributed by atoms with E-state index in [4.69, 9.17) is 9.47 Å². The van der Waals surface area contributed by atoms with Gasteiger partial charge in [-0.3, -0.25) is 4.90 Å². The molecule has 0 amide bonds. The zero-order valence-electron chi connectivity index (χ0n) is 11.6. The van der Waals surface area contributed by atoms with Crippen molar-refractivity contribution >= 4 is 0 Å². The zero-order chi connectivity index (χ0) is 13.0. The van der Waals surface area contributed by atoms with Crippen molar-refractivity contribution in [2.24, 2.45) is 5.92 Å². The van der Waals surface area contributed by atoms with Crippen molar-refractivity contribution in [3.8, 4) is 11.5 Å². The average Bonchev–Trinajstić information content (AvgIpc) is 2.38. The van der Waals surface area contributed by atoms with E-state index in [1.807, 2.05) is 12.1 Å². The van der Waals surface area contributed by atoms with Crippen LogP contribution in [0.3, 0.4) is 0 Å². The second kappa shape index (κ2) is 6.10. The minimum atomic E-state index is 0.801. The van der Waals surface area contributed by atoms with Crippen LogP contribution in [0.1, 0.15) is 25.3 Å². The summed E-state index contributed by atoms with van der Waals surface area (Å²) in [5.41, 5.74) is 1.21. The van der Waals surface area contributed by atoms with Gasteiger partial charge in [-0.05, 0) is 31.4 Å². The van der Waals surface area contributed by atoms with Gasteiger partial charge in [-0.1, -0.05) is 19.1 Å². The van der Waals surface area contributed by atoms with Crippen molar-refractivity contribution in [3.05, 3.63) is 23.8 Å². The molecule has 100 valence electrons. The predicted octanol–water partition coefficient (Wildman–Crippen LogP) is 2.94. The molecule has 1 aromatic carbocycles. The molecule has 0 radical (unpaired) electrons. The number of likely N-dealkylation sites (tertiary alicyclic amines) is 1. The molecule has 0 aromatic heterocycles. The predicted molar refractivity (Wildman–Crippen MR) is 73.2 cm³/mol. The molecule has 3 nitrogen and oxygen atoms in total. The molecular formula is C15H23NO2. The molecule has 1 aliphatic heterocycles. The van der Waals surface area contributed by atoms with Crippen LogP contribution in [0, 0.1) is 5.92 Å². The molecule has 1 aliphatic rings. The van der Waals surface area contributed by atoms with Crippen LogP contribution in [0.25, 0.3) is 0 Å². The minimum absolute atomic E-state index is 0.801. The van der Waals surface area contributed by atoms with Crippen LogP contribution >= 0.6 is 0 Å². The Morgan fingerprint density at radius 1 is 1.28 bits per heavy atom. The van der Waals surface area contributed by atoms with Crippen molar-refractivity contribution in [2.75, 3.05) is 27.3 Å². The molecule has 0 saturated carbocycles. The van der Waals surface area contributed by atoms with Gasteiger partial charge in [0.05, 0.1) is 14.2 Å². The van der Waals surface area contributed by atoms with E-state index in [0.29, 0.717) is 0 Å². The fraction of sp³-hybridized carbons (Fsp3) is 0.600. The number of methoxy groups -OCH3 is 2. The van der Waals surface area contributed by atoms with Crippen LogP contribution in [0.4, 0.5) is 0 Å². The zero-order valence-corrected chi connectivity index (χ0v) is 11.6. The second-order valence-electron chi connectivity index (χ2n) is 5.14. The first-order chi connectivity index (χ1) is 8.74. The first kappa shape index (κ1) is 13.2. The normalized spacial score (nSPS) is 20.7. The Kier molecular flexibility index (Phi) is 4.48. The first-order valence-corrected chi connectivity index (χ1v) is 6.66. The molecule has 0 bridgehead atoms. The van der Waals surface area contributed by atoms with Gasteiger partial charge < -0.3 is 9.47 Å². The topological polar surface area (TPSA) is 21.7 Å². The van der Waals surface area contributed by atoms with Crippen molar-refractivity contribution in [3.63, 3.8) is 0 Å². The van der Waals surface area contributed by atoms with E-state index >= 15 is 0 Å². The number of para-hydroxylation sites is 1. The highest BCUT2D eigenvalue weighted by Crippen LogP contribution is 2.32. The molecule has 0 N–H and O–H groups in total. The Morgan fingerprint density at radius 2 is 2.11 bits per heavy atom. The monoisotopic (exact) mass is 249 g/mol. The molecular weight excluding hydrogens is 226 g/mol. The van der Waals surface area contributed by atoms with Crippen LogP contribution in [0.15, 0.2) is 18.2 Å². The third kappa shape index (κ3) is 2.96. The lowest BCUT2D eigenvalue weighted by atomic mass is 9.99. The lowest BCUT2D eigenvalue weighted by Crippen LogP contribution is -2.33. The van der Waals surface area contributed by atoms with Crippen LogP contribution in [0.2, 0.25) is 0 Å². The molecule has 1 saturated heterocycles. The van der Waals surface area contributed by atoms with Gasteiger partial charge in [-0.25, -0.2) is 0 Å². The van der Waals surface area contributed by atoms with Gasteiger partial charge in [0.1, 0.15) is 0 Å². The maximum atomic E-state index is 5.48. The SMILES string of the molecule is COc1cccc(CN2CCC[C@@H](C)C2)c1OC. The van der Waals surface area contributed by atoms with Crippen LogP contribution in [0.5, 0.6) is 11.5 Å². The maximum absolute atomic E-state index is 5.48. The van der Waals surface area contributed by atoms with Gasteiger partial charge >= 0.3 is 0 Å². The maximum Gasteiger partial charge on any atom is 0.165 e. The van der Waals surface area contributed by atoms with Crippen molar-refractivity contribution in [2.45, 2.75) is 26.3 Å². The average molecular weight is 249 g/mol. The van der Waals surface area contributed by atoms with Gasteiger partial charge in [0, 0.05) is 18.7 Å². The highest BCUT2D eigenvalue weighted by Gasteiger charge is 2.18. The van der Waals surface area contributed by atoms with E-state index in [-0.39, 0.29) is 0 Å². The second-order valence-corrected chi connectivity index (χ2v) is 5.14. The highest BCUT2D eigenvalue weighted by atomic mass is 16.5. The van der Waals surface area contributed by atoms with Gasteiger partial charge in [0.2, 0.25) is 0 Å². The molecule has 18 heavy (non-hydrogen) atoms. The summed E-state index contributed by atoms with van der Waals surface area (Å²) >= 11 is 0. The summed E-state index contributed by atoms with van der Waals surface area (Å²) in [6.45, 7) is 5.64. The summed E-state index contributed by atoms with van der Waals surface area (Å²) in [4.78, 5) is 2.51. The molecule has 3 heteroatoms. The minimum Gasteiger partial charge on any atom is -0.493 e. The van der Waals surface area contributed by atoms with Gasteiger partial charge in [0.25, 0.3) is 0 Å². The lowest BCUT2D eigenvalue weighted by molar-refractivity contribution is 0.174. The number of nitrogens with zero attached hydrogens (tertiary/aromatic N) is 1. The standard InChI is InChI=1S/C15H23NO2/c1-12-6-5-9-16(10-12)11-13-7-4-8-14(17-2)15(13)18-3/h4,7-8,12H,5-6,9-11H2,1-3H3/t12-/m1/s1. The molecule has 1 fully saturated rings. The van der Waals surface area contributed by atoms with E-state index in [1.54, 1.807) is 14.2 Å². The number of piperidine rings is 1. The van der Waals surface area contributed by atoms with E-state index in [2.05, 4.69) is 17.9 Å². The van der Waals surface area contributed by atoms with E-state index in [1.165, 1.54) is 31.5 Å². The van der Waals surface area contributed by atoms with Crippen LogP contribution in [-0.2, 0) is 6.54 Å². The summed E-state index contributed by atoms with van der Waals surface area (Å²) in [7, 11) is 3.39. The Bertz CT molecular complexity index is 392. The van der Waals surface area contributed by atoms with Crippen molar-refractivity contribution in [1.82, 2.24) is 4.90 Å². The third-order valence-corrected chi connectivity index (χ3v) is 3.62. The van der Waals surface area contributed by atoms with Crippen LogP contribution in [-0.4, -0.2) is 32.2 Å². The number of hydrogen-bond acceptors (Lipinski definition) is 3. The molecule has 1 atom stereocenters. The summed E-state index contributed by atoms with van der Waals surface area (Å²) < 4.78 is 10.8. The molecule has 1 heterocycles. The first-order valence-electron chi connectivity index (χ1n) is 6.66. The van der Waals surface area contributed by atoms with Crippen molar-refractivity contribution < 1.29 is 9.47 Å². The molecule has 0 aliphatic carbocycles. The Hall–Kier alpha value is -1.22. The number of hydrogen-bond donors (Lipinski definition) is 0. The van der Waals surface area contributed by atoms with Gasteiger partial charge in [-0.15, -0.1) is 0 Å². The Labute approximate surface area is 110 Å². The summed E-state index contributed by atoms with van der Waals surface area (Å²) in [5, 5.41) is 0. The summed E-state index contributed by atoms with van der Waals surface area (Å²) in [6, 6.07) is 6.10. The molecule has 0 unspecified atom stereocenters. The lowest BCUT2D eigenvalue weighted by Gasteiger charge is -2.31. The number of benzene rings is 1. The number of rotatable bonds is 4. The van der Waals surface area contributed by atoms with Gasteiger partial charge in [0.15, 0.2) is 11.5 Å². The van der Waals surface area contributed by atoms with E-state index < -0.39 is 0 Å². The summed E-state index contributed by atoms with van der Waals surface area (Å²) in [6.07, 6.45) is 2.65. The Balaban J connectivity index is 2.12. The number of ether oxygens (including phenoxy) is 2. The van der Waals surface area contributed by atoms with Crippen molar-refractivity contribution in [1.29, 1.82) is 0 Å². The Morgan fingerprint density at radius 3 is 2.78 bits per heavy atom. The fourth-order valence-corrected chi connectivity index (χ4v) is 2.75. The molecule has 2 rings (SSSR count). The van der Waals surface area contributed by atoms with Crippen LogP contribution < -0.4 is 9.47 Å².